The van der Waals surface area contributed by atoms with Gasteiger partial charge in [0.1, 0.15) is 0 Å². The van der Waals surface area contributed by atoms with Gasteiger partial charge in [-0.1, -0.05) is 55.4 Å². The summed E-state index contributed by atoms with van der Waals surface area (Å²) in [4.78, 5) is 0. The minimum atomic E-state index is 0.458. The van der Waals surface area contributed by atoms with E-state index in [-0.39, 0.29) is 0 Å². The molecule has 4 fully saturated rings. The van der Waals surface area contributed by atoms with Crippen molar-refractivity contribution in [3.63, 3.8) is 0 Å². The molecule has 4 aliphatic rings. The van der Waals surface area contributed by atoms with Gasteiger partial charge in [-0.25, -0.2) is 0 Å². The lowest BCUT2D eigenvalue weighted by atomic mass is 9.23. The first kappa shape index (κ1) is 13.0. The van der Waals surface area contributed by atoms with Gasteiger partial charge in [-0.15, -0.1) is 0 Å². The zero-order valence-corrected chi connectivity index (χ0v) is 13.8. The lowest BCUT2D eigenvalue weighted by molar-refractivity contribution is -0.326. The van der Waals surface area contributed by atoms with Crippen LogP contribution in [0.3, 0.4) is 0 Å². The second kappa shape index (κ2) is 2.86. The molecule has 0 nitrogen and oxygen atoms in total. The molecule has 0 aromatic heterocycles. The predicted octanol–water partition coefficient (Wildman–Crippen LogP) is 5.52. The molecule has 0 aromatic carbocycles. The Hall–Kier alpha value is 0. The average Bonchev–Trinajstić information content (AvgIpc) is 2.21. The normalized spacial score (nSPS) is 60.0. The van der Waals surface area contributed by atoms with Crippen LogP contribution in [0.1, 0.15) is 74.7 Å². The Morgan fingerprint density at radius 2 is 1.33 bits per heavy atom. The van der Waals surface area contributed by atoms with Crippen LogP contribution < -0.4 is 0 Å². The summed E-state index contributed by atoms with van der Waals surface area (Å²) in [5.74, 6) is 1.88. The van der Waals surface area contributed by atoms with Crippen molar-refractivity contribution in [3.8, 4) is 0 Å². The zero-order chi connectivity index (χ0) is 13.8. The highest BCUT2D eigenvalue weighted by Crippen LogP contribution is 2.83. The van der Waals surface area contributed by atoms with Gasteiger partial charge in [0.15, 0.2) is 0 Å². The van der Waals surface area contributed by atoms with Crippen molar-refractivity contribution < 1.29 is 0 Å². The molecule has 4 saturated carbocycles. The van der Waals surface area contributed by atoms with Crippen molar-refractivity contribution in [2.45, 2.75) is 74.7 Å². The van der Waals surface area contributed by atoms with Gasteiger partial charge < -0.3 is 0 Å². The molecule has 5 atom stereocenters. The molecule has 5 unspecified atom stereocenters. The summed E-state index contributed by atoms with van der Waals surface area (Å²) in [7, 11) is 0. The van der Waals surface area contributed by atoms with Crippen LogP contribution in [0, 0.1) is 38.9 Å². The molecule has 4 bridgehead atoms. The van der Waals surface area contributed by atoms with Crippen LogP contribution in [-0.2, 0) is 0 Å². The summed E-state index contributed by atoms with van der Waals surface area (Å²) in [6.07, 6.45) is 4.37. The van der Waals surface area contributed by atoms with Crippen molar-refractivity contribution in [2.75, 3.05) is 0 Å². The van der Waals surface area contributed by atoms with Gasteiger partial charge in [-0.2, -0.15) is 0 Å². The Kier molecular flexibility index (Phi) is 2.07. The van der Waals surface area contributed by atoms with E-state index in [9.17, 15) is 0 Å². The lowest BCUT2D eigenvalue weighted by Crippen LogP contribution is -2.74. The van der Waals surface area contributed by atoms with E-state index in [0.29, 0.717) is 27.1 Å². The number of hydrogen-bond acceptors (Lipinski definition) is 0. The van der Waals surface area contributed by atoms with E-state index in [1.807, 2.05) is 0 Å². The summed E-state index contributed by atoms with van der Waals surface area (Å²) in [5, 5.41) is 0. The van der Waals surface area contributed by atoms with Gasteiger partial charge in [0.25, 0.3) is 0 Å². The Morgan fingerprint density at radius 1 is 0.778 bits per heavy atom. The highest BCUT2D eigenvalue weighted by Gasteiger charge is 2.76. The van der Waals surface area contributed by atoms with Crippen LogP contribution in [0.2, 0.25) is 0 Å². The van der Waals surface area contributed by atoms with Crippen LogP contribution in [0.15, 0.2) is 0 Å². The average molecular weight is 248 g/mol. The fourth-order valence-electron chi connectivity index (χ4n) is 6.95. The zero-order valence-electron chi connectivity index (χ0n) is 13.8. The third-order valence-corrected chi connectivity index (χ3v) is 9.55. The van der Waals surface area contributed by atoms with Crippen LogP contribution in [0.4, 0.5) is 0 Å². The van der Waals surface area contributed by atoms with E-state index in [2.05, 4.69) is 55.4 Å². The molecule has 0 heterocycles. The summed E-state index contributed by atoms with van der Waals surface area (Å²) < 4.78 is 0. The highest BCUT2D eigenvalue weighted by molar-refractivity contribution is 5.24. The minimum Gasteiger partial charge on any atom is -0.0617 e. The van der Waals surface area contributed by atoms with Gasteiger partial charge in [0, 0.05) is 0 Å². The third kappa shape index (κ3) is 0.937. The Morgan fingerprint density at radius 3 is 1.89 bits per heavy atom. The van der Waals surface area contributed by atoms with E-state index in [4.69, 9.17) is 0 Å². The van der Waals surface area contributed by atoms with Crippen molar-refractivity contribution in [1.82, 2.24) is 0 Å². The van der Waals surface area contributed by atoms with Gasteiger partial charge in [-0.3, -0.25) is 0 Å². The maximum Gasteiger partial charge on any atom is -0.0210 e. The molecule has 18 heavy (non-hydrogen) atoms. The Bertz CT molecular complexity index is 402. The van der Waals surface area contributed by atoms with Crippen LogP contribution in [-0.4, -0.2) is 0 Å². The Balaban J connectivity index is 2.27. The number of rotatable bonds is 0. The largest absolute Gasteiger partial charge is 0.0617 e. The molecule has 0 spiro atoms. The molecule has 0 radical (unpaired) electrons. The lowest BCUT2D eigenvalue weighted by Gasteiger charge is -2.81. The van der Waals surface area contributed by atoms with E-state index < -0.39 is 0 Å². The topological polar surface area (TPSA) is 0 Å². The van der Waals surface area contributed by atoms with Gasteiger partial charge in [0.2, 0.25) is 0 Å². The molecule has 0 heteroatoms. The smallest absolute Gasteiger partial charge is 0.0210 e. The van der Waals surface area contributed by atoms with Gasteiger partial charge in [0.05, 0.1) is 0 Å². The van der Waals surface area contributed by atoms with Crippen LogP contribution in [0.25, 0.3) is 0 Å². The molecule has 0 amide bonds. The quantitative estimate of drug-likeness (QED) is 0.529. The summed E-state index contributed by atoms with van der Waals surface area (Å²) in [5.41, 5.74) is 2.52. The van der Waals surface area contributed by atoms with Crippen molar-refractivity contribution >= 4 is 0 Å². The first-order valence-electron chi connectivity index (χ1n) is 7.93. The fraction of sp³-hybridized carbons (Fsp3) is 1.00. The molecule has 104 valence electrons. The first-order chi connectivity index (χ1) is 7.93. The standard InChI is InChI=1S/C18H32/c1-12-13-9-16(6)11-17(12,7)15(4,5)18(8,10-13)14(16,2)3/h12-13H,9-11H2,1-8H3. The molecule has 0 aliphatic heterocycles. The SMILES string of the molecule is CC1C2CC3(C)CC1(C)C(C)(C)C(C)(C2)C3(C)C. The predicted molar refractivity (Wildman–Crippen MR) is 78.4 cm³/mol. The molecular formula is C18H32. The first-order valence-corrected chi connectivity index (χ1v) is 7.93. The molecule has 4 rings (SSSR count). The monoisotopic (exact) mass is 248 g/mol. The molecule has 4 aliphatic carbocycles. The Labute approximate surface area is 114 Å². The van der Waals surface area contributed by atoms with E-state index in [1.165, 1.54) is 19.3 Å². The van der Waals surface area contributed by atoms with E-state index in [1.54, 1.807) is 0 Å². The second-order valence-corrected chi connectivity index (χ2v) is 9.69. The minimum absolute atomic E-state index is 0.458. The summed E-state index contributed by atoms with van der Waals surface area (Å²) in [6.45, 7) is 20.6. The fourth-order valence-corrected chi connectivity index (χ4v) is 6.95. The van der Waals surface area contributed by atoms with Crippen molar-refractivity contribution in [3.05, 3.63) is 0 Å². The van der Waals surface area contributed by atoms with Crippen LogP contribution >= 0.6 is 0 Å². The summed E-state index contributed by atoms with van der Waals surface area (Å²) in [6, 6.07) is 0. The second-order valence-electron chi connectivity index (χ2n) is 9.69. The maximum atomic E-state index is 2.61. The van der Waals surface area contributed by atoms with Gasteiger partial charge in [-0.05, 0) is 58.2 Å². The highest BCUT2D eigenvalue weighted by atomic mass is 14.8. The molecule has 0 aromatic rings. The van der Waals surface area contributed by atoms with Gasteiger partial charge >= 0.3 is 0 Å². The van der Waals surface area contributed by atoms with Crippen LogP contribution in [0.5, 0.6) is 0 Å². The molecule has 0 N–H and O–H groups in total. The van der Waals surface area contributed by atoms with Crippen molar-refractivity contribution in [2.24, 2.45) is 38.9 Å². The summed E-state index contributed by atoms with van der Waals surface area (Å²) >= 11 is 0. The number of hydrogen-bond donors (Lipinski definition) is 0. The van der Waals surface area contributed by atoms with E-state index in [0.717, 1.165) is 11.8 Å². The maximum absolute atomic E-state index is 2.61. The third-order valence-electron chi connectivity index (χ3n) is 9.55. The molecule has 0 saturated heterocycles. The van der Waals surface area contributed by atoms with Crippen molar-refractivity contribution in [1.29, 1.82) is 0 Å². The molecular weight excluding hydrogens is 216 g/mol. The van der Waals surface area contributed by atoms with E-state index >= 15 is 0 Å².